The van der Waals surface area contributed by atoms with Gasteiger partial charge in [0.05, 0.1) is 9.85 Å². The van der Waals surface area contributed by atoms with Gasteiger partial charge in [-0.3, -0.25) is 9.59 Å². The van der Waals surface area contributed by atoms with Crippen molar-refractivity contribution in [2.75, 3.05) is 12.3 Å². The van der Waals surface area contributed by atoms with Crippen LogP contribution in [0.2, 0.25) is 4.34 Å². The zero-order valence-corrected chi connectivity index (χ0v) is 19.4. The normalized spacial score (nSPS) is 19.3. The SMILES string of the molecule is CC[C@H]1C(=O)N(Cc2ccc3c(N)ncnc3c2)C(C)CN1C(=O)C=Cc1ccc(Cl)s1. The molecule has 2 aromatic heterocycles. The second-order valence-electron chi connectivity index (χ2n) is 7.82. The standard InChI is InChI=1S/C23H24ClN5O2S/c1-3-19-23(31)28(12-15-4-7-17-18(10-15)26-13-27-22(17)25)14(2)11-29(19)21(30)9-6-16-5-8-20(24)32-16/h4-10,13-14,19H,3,11-12H2,1-2H3,(H2,25,26,27)/t14?,19-/m0/s1. The minimum absolute atomic E-state index is 0.0468. The summed E-state index contributed by atoms with van der Waals surface area (Å²) >= 11 is 7.36. The van der Waals surface area contributed by atoms with Gasteiger partial charge in [-0.25, -0.2) is 9.97 Å². The molecule has 32 heavy (non-hydrogen) atoms. The largest absolute Gasteiger partial charge is 0.383 e. The third kappa shape index (κ3) is 4.47. The van der Waals surface area contributed by atoms with E-state index in [0.717, 1.165) is 21.3 Å². The average Bonchev–Trinajstić information content (AvgIpc) is 3.20. The van der Waals surface area contributed by atoms with E-state index in [1.165, 1.54) is 23.7 Å². The van der Waals surface area contributed by atoms with Gasteiger partial charge in [0.1, 0.15) is 18.2 Å². The van der Waals surface area contributed by atoms with Crippen molar-refractivity contribution in [3.05, 3.63) is 57.5 Å². The maximum Gasteiger partial charge on any atom is 0.247 e. The zero-order valence-electron chi connectivity index (χ0n) is 17.9. The number of nitrogens with zero attached hydrogens (tertiary/aromatic N) is 4. The van der Waals surface area contributed by atoms with Crippen LogP contribution in [0.3, 0.4) is 0 Å². The van der Waals surface area contributed by atoms with Crippen molar-refractivity contribution < 1.29 is 9.59 Å². The Labute approximate surface area is 195 Å². The monoisotopic (exact) mass is 469 g/mol. The number of nitrogen functional groups attached to an aromatic ring is 1. The van der Waals surface area contributed by atoms with Crippen LogP contribution < -0.4 is 5.73 Å². The predicted octanol–water partition coefficient (Wildman–Crippen LogP) is 3.98. The summed E-state index contributed by atoms with van der Waals surface area (Å²) in [6.45, 7) is 4.81. The topological polar surface area (TPSA) is 92.4 Å². The molecule has 9 heteroatoms. The Kier molecular flexibility index (Phi) is 6.43. The number of carbonyl (C=O) groups excluding carboxylic acids is 2. The van der Waals surface area contributed by atoms with E-state index < -0.39 is 6.04 Å². The molecular weight excluding hydrogens is 446 g/mol. The lowest BCUT2D eigenvalue weighted by molar-refractivity contribution is -0.153. The molecule has 0 spiro atoms. The number of fused-ring (bicyclic) bond motifs is 1. The van der Waals surface area contributed by atoms with Crippen LogP contribution in [0.15, 0.2) is 42.7 Å². The number of aromatic nitrogens is 2. The molecule has 2 N–H and O–H groups in total. The first-order valence-corrected chi connectivity index (χ1v) is 11.6. The Balaban J connectivity index is 1.51. The summed E-state index contributed by atoms with van der Waals surface area (Å²) in [6, 6.07) is 8.80. The van der Waals surface area contributed by atoms with Gasteiger partial charge in [-0.1, -0.05) is 24.6 Å². The van der Waals surface area contributed by atoms with Crippen LogP contribution in [0.4, 0.5) is 5.82 Å². The maximum atomic E-state index is 13.3. The summed E-state index contributed by atoms with van der Waals surface area (Å²) in [4.78, 5) is 38.9. The Bertz CT molecular complexity index is 1190. The molecule has 1 saturated heterocycles. The first kappa shape index (κ1) is 22.2. The molecule has 1 aliphatic heterocycles. The van der Waals surface area contributed by atoms with E-state index in [9.17, 15) is 9.59 Å². The second kappa shape index (κ2) is 9.26. The second-order valence-corrected chi connectivity index (χ2v) is 9.56. The van der Waals surface area contributed by atoms with E-state index >= 15 is 0 Å². The summed E-state index contributed by atoms with van der Waals surface area (Å²) in [6.07, 6.45) is 5.25. The molecule has 166 valence electrons. The van der Waals surface area contributed by atoms with Gasteiger partial charge in [0.15, 0.2) is 0 Å². The summed E-state index contributed by atoms with van der Waals surface area (Å²) < 4.78 is 0.670. The third-order valence-electron chi connectivity index (χ3n) is 5.68. The average molecular weight is 470 g/mol. The highest BCUT2D eigenvalue weighted by atomic mass is 35.5. The van der Waals surface area contributed by atoms with Gasteiger partial charge in [0, 0.05) is 35.5 Å². The molecule has 0 radical (unpaired) electrons. The molecule has 7 nitrogen and oxygen atoms in total. The molecule has 0 aliphatic carbocycles. The number of benzene rings is 1. The first-order valence-electron chi connectivity index (χ1n) is 10.4. The van der Waals surface area contributed by atoms with Gasteiger partial charge in [-0.15, -0.1) is 11.3 Å². The van der Waals surface area contributed by atoms with Gasteiger partial charge < -0.3 is 15.5 Å². The van der Waals surface area contributed by atoms with Crippen LogP contribution in [0, 0.1) is 0 Å². The van der Waals surface area contributed by atoms with Crippen LogP contribution in [-0.4, -0.2) is 50.2 Å². The molecule has 1 aliphatic rings. The highest BCUT2D eigenvalue weighted by Gasteiger charge is 2.39. The lowest BCUT2D eigenvalue weighted by Gasteiger charge is -2.44. The predicted molar refractivity (Wildman–Crippen MR) is 128 cm³/mol. The Morgan fingerprint density at radius 3 is 2.84 bits per heavy atom. The number of rotatable bonds is 5. The van der Waals surface area contributed by atoms with Crippen LogP contribution in [0.1, 0.15) is 30.7 Å². The van der Waals surface area contributed by atoms with Crippen molar-refractivity contribution >= 4 is 57.5 Å². The number of anilines is 1. The maximum absolute atomic E-state index is 13.3. The van der Waals surface area contributed by atoms with Gasteiger partial charge in [0.25, 0.3) is 0 Å². The summed E-state index contributed by atoms with van der Waals surface area (Å²) in [7, 11) is 0. The van der Waals surface area contributed by atoms with Crippen molar-refractivity contribution in [2.45, 2.75) is 38.9 Å². The van der Waals surface area contributed by atoms with E-state index in [1.54, 1.807) is 17.0 Å². The fourth-order valence-corrected chi connectivity index (χ4v) is 4.97. The molecule has 3 aromatic rings. The quantitative estimate of drug-likeness (QED) is 0.570. The molecule has 1 unspecified atom stereocenters. The molecule has 1 fully saturated rings. The number of nitrogens with two attached hydrogens (primary N) is 1. The number of halogens is 1. The minimum Gasteiger partial charge on any atom is -0.383 e. The van der Waals surface area contributed by atoms with Gasteiger partial charge in [-0.05, 0) is 49.2 Å². The molecule has 2 atom stereocenters. The van der Waals surface area contributed by atoms with Gasteiger partial charge >= 0.3 is 0 Å². The van der Waals surface area contributed by atoms with E-state index in [1.807, 2.05) is 43.0 Å². The lowest BCUT2D eigenvalue weighted by Crippen LogP contribution is -2.61. The molecular formula is C23H24ClN5O2S. The fourth-order valence-electron chi connectivity index (χ4n) is 4.01. The van der Waals surface area contributed by atoms with Crippen molar-refractivity contribution in [3.63, 3.8) is 0 Å². The number of hydrogen-bond donors (Lipinski definition) is 1. The highest BCUT2D eigenvalue weighted by Crippen LogP contribution is 2.25. The van der Waals surface area contributed by atoms with E-state index in [4.69, 9.17) is 17.3 Å². The van der Waals surface area contributed by atoms with Crippen molar-refractivity contribution in [3.8, 4) is 0 Å². The molecule has 0 bridgehead atoms. The van der Waals surface area contributed by atoms with Crippen LogP contribution >= 0.6 is 22.9 Å². The van der Waals surface area contributed by atoms with Crippen LogP contribution in [0.5, 0.6) is 0 Å². The Morgan fingerprint density at radius 1 is 1.31 bits per heavy atom. The summed E-state index contributed by atoms with van der Waals surface area (Å²) in [5.74, 6) is 0.218. The summed E-state index contributed by atoms with van der Waals surface area (Å²) in [5.41, 5.74) is 7.62. The molecule has 3 heterocycles. The molecule has 4 rings (SSSR count). The smallest absolute Gasteiger partial charge is 0.247 e. The zero-order chi connectivity index (χ0) is 22.8. The molecule has 1 aromatic carbocycles. The lowest BCUT2D eigenvalue weighted by atomic mass is 10.0. The first-order chi connectivity index (χ1) is 15.4. The number of thiophene rings is 1. The Morgan fingerprint density at radius 2 is 2.12 bits per heavy atom. The van der Waals surface area contributed by atoms with Crippen LogP contribution in [0.25, 0.3) is 17.0 Å². The molecule has 0 saturated carbocycles. The number of amides is 2. The highest BCUT2D eigenvalue weighted by molar-refractivity contribution is 7.17. The van der Waals surface area contributed by atoms with E-state index in [0.29, 0.717) is 29.7 Å². The van der Waals surface area contributed by atoms with Crippen molar-refractivity contribution in [1.82, 2.24) is 19.8 Å². The van der Waals surface area contributed by atoms with Crippen molar-refractivity contribution in [2.24, 2.45) is 0 Å². The van der Waals surface area contributed by atoms with E-state index in [-0.39, 0.29) is 17.9 Å². The van der Waals surface area contributed by atoms with Crippen molar-refractivity contribution in [1.29, 1.82) is 0 Å². The van der Waals surface area contributed by atoms with Crippen LogP contribution in [-0.2, 0) is 16.1 Å². The number of carbonyl (C=O) groups is 2. The number of hydrogen-bond acceptors (Lipinski definition) is 6. The van der Waals surface area contributed by atoms with Gasteiger partial charge in [-0.2, -0.15) is 0 Å². The van der Waals surface area contributed by atoms with E-state index in [2.05, 4.69) is 9.97 Å². The molecule has 2 amide bonds. The van der Waals surface area contributed by atoms with Gasteiger partial charge in [0.2, 0.25) is 11.8 Å². The Hall–Kier alpha value is -2.97. The summed E-state index contributed by atoms with van der Waals surface area (Å²) in [5, 5.41) is 0.788. The fraction of sp³-hybridized carbons (Fsp3) is 0.304. The minimum atomic E-state index is -0.492. The number of piperazine rings is 1. The third-order valence-corrected chi connectivity index (χ3v) is 6.87.